The Morgan fingerprint density at radius 1 is 1.12 bits per heavy atom. The van der Waals surface area contributed by atoms with Crippen LogP contribution in [0.5, 0.6) is 0 Å². The van der Waals surface area contributed by atoms with E-state index in [9.17, 15) is 9.59 Å². The van der Waals surface area contributed by atoms with E-state index in [1.165, 1.54) is 6.20 Å². The molecule has 1 aliphatic carbocycles. The first-order chi connectivity index (χ1) is 11.8. The lowest BCUT2D eigenvalue weighted by Crippen LogP contribution is -2.27. The highest BCUT2D eigenvalue weighted by Gasteiger charge is 2.52. The maximum Gasteiger partial charge on any atom is 0.412 e. The van der Waals surface area contributed by atoms with Crippen LogP contribution < -0.4 is 5.32 Å². The topological polar surface area (TPSA) is 81.2 Å². The van der Waals surface area contributed by atoms with E-state index in [-0.39, 0.29) is 5.78 Å². The molecular formula is C19H21N3O3. The highest BCUT2D eigenvalue weighted by molar-refractivity contribution is 6.04. The molecule has 1 saturated carbocycles. The minimum absolute atomic E-state index is 0.0324. The largest absolute Gasteiger partial charge is 0.444 e. The third kappa shape index (κ3) is 3.84. The zero-order valence-electron chi connectivity index (χ0n) is 14.6. The molecule has 6 nitrogen and oxygen atoms in total. The fraction of sp³-hybridized carbons (Fsp3) is 0.368. The van der Waals surface area contributed by atoms with Crippen LogP contribution in [0.15, 0.2) is 42.7 Å². The van der Waals surface area contributed by atoms with Crippen molar-refractivity contribution in [2.24, 2.45) is 0 Å². The molecule has 0 unspecified atom stereocenters. The fourth-order valence-electron chi connectivity index (χ4n) is 2.64. The van der Waals surface area contributed by atoms with Crippen LogP contribution in [-0.2, 0) is 10.2 Å². The molecule has 0 saturated heterocycles. The Balaban J connectivity index is 1.71. The van der Waals surface area contributed by atoms with Crippen LogP contribution in [0.3, 0.4) is 0 Å². The molecule has 1 aliphatic rings. The maximum atomic E-state index is 12.8. The minimum atomic E-state index is -0.575. The monoisotopic (exact) mass is 339 g/mol. The standard InChI is InChI=1S/C19H21N3O3/c1-18(2,3)25-17(24)22-13-7-8-14(21-12-13)16(23)19(9-10-19)15-6-4-5-11-20-15/h4-8,11-12H,9-10H2,1-3H3,(H,22,24). The molecule has 130 valence electrons. The van der Waals surface area contributed by atoms with Crippen molar-refractivity contribution in [1.29, 1.82) is 0 Å². The maximum absolute atomic E-state index is 12.8. The Kier molecular flexibility index (Phi) is 4.29. The van der Waals surface area contributed by atoms with Crippen LogP contribution in [0.4, 0.5) is 10.5 Å². The van der Waals surface area contributed by atoms with Gasteiger partial charge in [0.2, 0.25) is 0 Å². The van der Waals surface area contributed by atoms with Gasteiger partial charge in [-0.05, 0) is 57.9 Å². The second-order valence-corrected chi connectivity index (χ2v) is 7.19. The number of hydrogen-bond donors (Lipinski definition) is 1. The average Bonchev–Trinajstić information content (AvgIpc) is 3.36. The molecule has 2 aromatic heterocycles. The second-order valence-electron chi connectivity index (χ2n) is 7.19. The first-order valence-electron chi connectivity index (χ1n) is 8.23. The quantitative estimate of drug-likeness (QED) is 0.858. The van der Waals surface area contributed by atoms with Gasteiger partial charge in [0, 0.05) is 6.20 Å². The summed E-state index contributed by atoms with van der Waals surface area (Å²) >= 11 is 0. The van der Waals surface area contributed by atoms with Gasteiger partial charge < -0.3 is 4.74 Å². The molecule has 1 fully saturated rings. The van der Waals surface area contributed by atoms with E-state index in [0.717, 1.165) is 18.5 Å². The van der Waals surface area contributed by atoms with Gasteiger partial charge in [0.1, 0.15) is 11.3 Å². The highest BCUT2D eigenvalue weighted by atomic mass is 16.6. The summed E-state index contributed by atoms with van der Waals surface area (Å²) in [5.74, 6) is -0.0324. The van der Waals surface area contributed by atoms with Gasteiger partial charge >= 0.3 is 6.09 Å². The Morgan fingerprint density at radius 2 is 1.88 bits per heavy atom. The number of nitrogens with one attached hydrogen (secondary N) is 1. The smallest absolute Gasteiger partial charge is 0.412 e. The molecule has 2 heterocycles. The van der Waals surface area contributed by atoms with Gasteiger partial charge in [-0.25, -0.2) is 4.79 Å². The number of amides is 1. The van der Waals surface area contributed by atoms with Gasteiger partial charge in [0.25, 0.3) is 0 Å². The number of Topliss-reactive ketones (excluding diaryl/α,β-unsaturated/α-hetero) is 1. The molecule has 6 heteroatoms. The van der Waals surface area contributed by atoms with Crippen molar-refractivity contribution >= 4 is 17.6 Å². The summed E-state index contributed by atoms with van der Waals surface area (Å²) in [6.45, 7) is 5.37. The van der Waals surface area contributed by atoms with E-state index in [1.807, 2.05) is 18.2 Å². The summed E-state index contributed by atoms with van der Waals surface area (Å²) in [6.07, 6.45) is 4.17. The van der Waals surface area contributed by atoms with Gasteiger partial charge in [-0.1, -0.05) is 6.07 Å². The van der Waals surface area contributed by atoms with Crippen molar-refractivity contribution in [3.63, 3.8) is 0 Å². The zero-order valence-corrected chi connectivity index (χ0v) is 14.6. The normalized spacial score (nSPS) is 15.3. The number of hydrogen-bond acceptors (Lipinski definition) is 5. The Hall–Kier alpha value is -2.76. The number of rotatable bonds is 4. The Morgan fingerprint density at radius 3 is 2.40 bits per heavy atom. The number of carbonyl (C=O) groups is 2. The van der Waals surface area contributed by atoms with Gasteiger partial charge in [0.15, 0.2) is 5.78 Å². The molecule has 0 atom stereocenters. The number of anilines is 1. The van der Waals surface area contributed by atoms with Gasteiger partial charge in [-0.3, -0.25) is 20.1 Å². The van der Waals surface area contributed by atoms with E-state index >= 15 is 0 Å². The summed E-state index contributed by atoms with van der Waals surface area (Å²) < 4.78 is 5.19. The van der Waals surface area contributed by atoms with Crippen LogP contribution in [0.1, 0.15) is 49.8 Å². The number of aromatic nitrogens is 2. The van der Waals surface area contributed by atoms with Crippen molar-refractivity contribution in [2.45, 2.75) is 44.6 Å². The van der Waals surface area contributed by atoms with Gasteiger partial charge in [-0.15, -0.1) is 0 Å². The van der Waals surface area contributed by atoms with Crippen molar-refractivity contribution < 1.29 is 14.3 Å². The third-order valence-corrected chi connectivity index (χ3v) is 3.98. The molecule has 3 rings (SSSR count). The lowest BCUT2D eigenvalue weighted by Gasteiger charge is -2.19. The molecule has 1 N–H and O–H groups in total. The summed E-state index contributed by atoms with van der Waals surface area (Å²) in [7, 11) is 0. The van der Waals surface area contributed by atoms with E-state index in [1.54, 1.807) is 39.1 Å². The Labute approximate surface area is 146 Å². The third-order valence-electron chi connectivity index (χ3n) is 3.98. The molecule has 0 bridgehead atoms. The van der Waals surface area contributed by atoms with Crippen molar-refractivity contribution in [3.8, 4) is 0 Å². The first-order valence-corrected chi connectivity index (χ1v) is 8.23. The minimum Gasteiger partial charge on any atom is -0.444 e. The number of nitrogens with zero attached hydrogens (tertiary/aromatic N) is 2. The van der Waals surface area contributed by atoms with E-state index in [0.29, 0.717) is 11.4 Å². The van der Waals surface area contributed by atoms with E-state index in [2.05, 4.69) is 15.3 Å². The highest BCUT2D eigenvalue weighted by Crippen LogP contribution is 2.49. The average molecular weight is 339 g/mol. The predicted octanol–water partition coefficient (Wildman–Crippen LogP) is 3.74. The molecule has 0 spiro atoms. The lowest BCUT2D eigenvalue weighted by atomic mass is 9.93. The molecule has 25 heavy (non-hydrogen) atoms. The molecular weight excluding hydrogens is 318 g/mol. The summed E-state index contributed by atoms with van der Waals surface area (Å²) in [5.41, 5.74) is 0.521. The Bertz CT molecular complexity index is 776. The summed E-state index contributed by atoms with van der Waals surface area (Å²) in [6, 6.07) is 8.87. The number of ether oxygens (including phenoxy) is 1. The van der Waals surface area contributed by atoms with Crippen molar-refractivity contribution in [2.75, 3.05) is 5.32 Å². The van der Waals surface area contributed by atoms with Gasteiger partial charge in [-0.2, -0.15) is 0 Å². The molecule has 0 aromatic carbocycles. The number of carbonyl (C=O) groups excluding carboxylic acids is 2. The first kappa shape index (κ1) is 17.1. The van der Waals surface area contributed by atoms with Crippen LogP contribution in [-0.4, -0.2) is 27.4 Å². The lowest BCUT2D eigenvalue weighted by molar-refractivity contribution is 0.0635. The van der Waals surface area contributed by atoms with Crippen LogP contribution in [0.25, 0.3) is 0 Å². The number of ketones is 1. The SMILES string of the molecule is CC(C)(C)OC(=O)Nc1ccc(C(=O)C2(c3ccccn3)CC2)nc1. The summed E-state index contributed by atoms with van der Waals surface area (Å²) in [4.78, 5) is 33.1. The molecule has 1 amide bonds. The van der Waals surface area contributed by atoms with Crippen LogP contribution >= 0.6 is 0 Å². The van der Waals surface area contributed by atoms with Gasteiger partial charge in [0.05, 0.1) is 23.0 Å². The number of pyridine rings is 2. The van der Waals surface area contributed by atoms with Crippen molar-refractivity contribution in [1.82, 2.24) is 9.97 Å². The van der Waals surface area contributed by atoms with E-state index < -0.39 is 17.1 Å². The van der Waals surface area contributed by atoms with Crippen LogP contribution in [0, 0.1) is 0 Å². The van der Waals surface area contributed by atoms with E-state index in [4.69, 9.17) is 4.74 Å². The zero-order chi connectivity index (χ0) is 18.1. The molecule has 0 aliphatic heterocycles. The molecule has 0 radical (unpaired) electrons. The second kappa shape index (κ2) is 6.27. The predicted molar refractivity (Wildman–Crippen MR) is 93.6 cm³/mol. The van der Waals surface area contributed by atoms with Crippen LogP contribution in [0.2, 0.25) is 0 Å². The summed E-state index contributed by atoms with van der Waals surface area (Å²) in [5, 5.41) is 2.60. The molecule has 2 aromatic rings. The fourth-order valence-corrected chi connectivity index (χ4v) is 2.64. The van der Waals surface area contributed by atoms with Crippen molar-refractivity contribution in [3.05, 3.63) is 54.1 Å².